The molecule has 2 atom stereocenters. The molecule has 1 fully saturated rings. The van der Waals surface area contributed by atoms with Crippen LogP contribution in [0.4, 0.5) is 0 Å². The van der Waals surface area contributed by atoms with E-state index < -0.39 is 0 Å². The van der Waals surface area contributed by atoms with Gasteiger partial charge in [0.2, 0.25) is 17.7 Å². The van der Waals surface area contributed by atoms with Crippen LogP contribution in [0.25, 0.3) is 0 Å². The molecule has 1 aromatic rings. The summed E-state index contributed by atoms with van der Waals surface area (Å²) in [6, 6.07) is 7.53. The van der Waals surface area contributed by atoms with Crippen LogP contribution < -0.4 is 10.1 Å². The van der Waals surface area contributed by atoms with Gasteiger partial charge in [0.1, 0.15) is 5.75 Å². The fourth-order valence-corrected chi connectivity index (χ4v) is 3.46. The molecule has 6 nitrogen and oxygen atoms in total. The van der Waals surface area contributed by atoms with Gasteiger partial charge in [-0.2, -0.15) is 0 Å². The minimum Gasteiger partial charge on any atom is -0.494 e. The third-order valence-corrected chi connectivity index (χ3v) is 4.89. The topological polar surface area (TPSA) is 75.7 Å². The Morgan fingerprint density at radius 1 is 1.12 bits per heavy atom. The van der Waals surface area contributed by atoms with E-state index in [2.05, 4.69) is 5.32 Å². The van der Waals surface area contributed by atoms with E-state index in [0.29, 0.717) is 26.0 Å². The molecular weight excluding hydrogens is 332 g/mol. The standard InChI is InChI=1S/C20H24N2O4/c1-2-26-15-9-7-14(8-10-15)13-21-18(23)11-12-22-19(24)16-5-3-4-6-17(16)20(22)25/h3-4,7-10,16-17H,2,5-6,11-13H2,1H3,(H,21,23)/t16-,17+. The summed E-state index contributed by atoms with van der Waals surface area (Å²) in [7, 11) is 0. The van der Waals surface area contributed by atoms with E-state index in [1.165, 1.54) is 4.90 Å². The maximum Gasteiger partial charge on any atom is 0.233 e. The zero-order valence-corrected chi connectivity index (χ0v) is 14.9. The van der Waals surface area contributed by atoms with Gasteiger partial charge in [0.05, 0.1) is 18.4 Å². The van der Waals surface area contributed by atoms with Crippen molar-refractivity contribution in [1.29, 1.82) is 0 Å². The number of allylic oxidation sites excluding steroid dienone is 2. The van der Waals surface area contributed by atoms with Crippen molar-refractivity contribution >= 4 is 17.7 Å². The van der Waals surface area contributed by atoms with E-state index in [-0.39, 0.29) is 42.5 Å². The Labute approximate surface area is 153 Å². The van der Waals surface area contributed by atoms with Crippen LogP contribution in [0.1, 0.15) is 31.7 Å². The van der Waals surface area contributed by atoms with E-state index in [4.69, 9.17) is 4.74 Å². The molecule has 1 saturated heterocycles. The molecule has 0 radical (unpaired) electrons. The first-order chi connectivity index (χ1) is 12.6. The second kappa shape index (κ2) is 8.17. The average molecular weight is 356 g/mol. The van der Waals surface area contributed by atoms with Crippen LogP contribution in [0.15, 0.2) is 36.4 Å². The third-order valence-electron chi connectivity index (χ3n) is 4.89. The molecule has 1 aliphatic heterocycles. The molecule has 0 aromatic heterocycles. The number of carbonyl (C=O) groups is 3. The molecule has 2 aliphatic rings. The number of fused-ring (bicyclic) bond motifs is 1. The Kier molecular flexibility index (Phi) is 5.71. The average Bonchev–Trinajstić information content (AvgIpc) is 2.90. The van der Waals surface area contributed by atoms with Gasteiger partial charge in [-0.1, -0.05) is 24.3 Å². The highest BCUT2D eigenvalue weighted by molar-refractivity contribution is 6.05. The van der Waals surface area contributed by atoms with Gasteiger partial charge in [-0.05, 0) is 37.5 Å². The van der Waals surface area contributed by atoms with Gasteiger partial charge in [-0.15, -0.1) is 0 Å². The van der Waals surface area contributed by atoms with Crippen molar-refractivity contribution in [1.82, 2.24) is 10.2 Å². The molecule has 26 heavy (non-hydrogen) atoms. The third kappa shape index (κ3) is 3.95. The molecule has 1 aliphatic carbocycles. The number of hydrogen-bond donors (Lipinski definition) is 1. The van der Waals surface area contributed by atoms with Crippen molar-refractivity contribution < 1.29 is 19.1 Å². The van der Waals surface area contributed by atoms with Crippen LogP contribution in [-0.2, 0) is 20.9 Å². The predicted octanol–water partition coefficient (Wildman–Crippen LogP) is 2.04. The number of amides is 3. The number of nitrogens with one attached hydrogen (secondary N) is 1. The van der Waals surface area contributed by atoms with Crippen molar-refractivity contribution in [3.63, 3.8) is 0 Å². The van der Waals surface area contributed by atoms with Crippen LogP contribution in [0.3, 0.4) is 0 Å². The SMILES string of the molecule is CCOc1ccc(CNC(=O)CCN2C(=O)[C@H]3CC=CC[C@H]3C2=O)cc1. The van der Waals surface area contributed by atoms with Crippen molar-refractivity contribution in [3.05, 3.63) is 42.0 Å². The van der Waals surface area contributed by atoms with Gasteiger partial charge in [-0.3, -0.25) is 19.3 Å². The van der Waals surface area contributed by atoms with Crippen LogP contribution in [0, 0.1) is 11.8 Å². The second-order valence-corrected chi connectivity index (χ2v) is 6.59. The number of carbonyl (C=O) groups excluding carboxylic acids is 3. The van der Waals surface area contributed by atoms with Gasteiger partial charge in [0.25, 0.3) is 0 Å². The summed E-state index contributed by atoms with van der Waals surface area (Å²) in [5.41, 5.74) is 0.965. The molecule has 138 valence electrons. The zero-order chi connectivity index (χ0) is 18.5. The summed E-state index contributed by atoms with van der Waals surface area (Å²) in [4.78, 5) is 38.0. The van der Waals surface area contributed by atoms with Gasteiger partial charge in [-0.25, -0.2) is 0 Å². The fourth-order valence-electron chi connectivity index (χ4n) is 3.46. The lowest BCUT2D eigenvalue weighted by Crippen LogP contribution is -2.35. The molecule has 0 spiro atoms. The lowest BCUT2D eigenvalue weighted by molar-refractivity contribution is -0.140. The minimum atomic E-state index is -0.237. The first kappa shape index (κ1) is 18.2. The molecule has 1 N–H and O–H groups in total. The summed E-state index contributed by atoms with van der Waals surface area (Å²) >= 11 is 0. The van der Waals surface area contributed by atoms with Crippen molar-refractivity contribution in [2.45, 2.75) is 32.7 Å². The Balaban J connectivity index is 1.45. The summed E-state index contributed by atoms with van der Waals surface area (Å²) in [5, 5.41) is 2.83. The van der Waals surface area contributed by atoms with Crippen molar-refractivity contribution in [3.8, 4) is 5.75 Å². The minimum absolute atomic E-state index is 0.126. The molecule has 1 heterocycles. The van der Waals surface area contributed by atoms with E-state index >= 15 is 0 Å². The number of ether oxygens (including phenoxy) is 1. The molecule has 6 heteroatoms. The maximum atomic E-state index is 12.4. The first-order valence-electron chi connectivity index (χ1n) is 9.08. The molecule has 0 unspecified atom stereocenters. The lowest BCUT2D eigenvalue weighted by Gasteiger charge is -2.14. The smallest absolute Gasteiger partial charge is 0.233 e. The first-order valence-corrected chi connectivity index (χ1v) is 9.08. The van der Waals surface area contributed by atoms with Crippen LogP contribution in [-0.4, -0.2) is 35.8 Å². The quantitative estimate of drug-likeness (QED) is 0.599. The highest BCUT2D eigenvalue weighted by Crippen LogP contribution is 2.34. The number of hydrogen-bond acceptors (Lipinski definition) is 4. The summed E-state index contributed by atoms with van der Waals surface area (Å²) in [6.45, 7) is 3.10. The van der Waals surface area contributed by atoms with Crippen LogP contribution in [0.5, 0.6) is 5.75 Å². The van der Waals surface area contributed by atoms with Gasteiger partial charge < -0.3 is 10.1 Å². The number of imide groups is 1. The fraction of sp³-hybridized carbons (Fsp3) is 0.450. The van der Waals surface area contributed by atoms with E-state index in [0.717, 1.165) is 11.3 Å². The number of nitrogens with zero attached hydrogens (tertiary/aromatic N) is 1. The lowest BCUT2D eigenvalue weighted by atomic mass is 9.85. The molecule has 0 bridgehead atoms. The van der Waals surface area contributed by atoms with Crippen LogP contribution >= 0.6 is 0 Å². The monoisotopic (exact) mass is 356 g/mol. The Bertz CT molecular complexity index is 685. The Morgan fingerprint density at radius 3 is 2.31 bits per heavy atom. The van der Waals surface area contributed by atoms with Crippen molar-refractivity contribution in [2.24, 2.45) is 11.8 Å². The van der Waals surface area contributed by atoms with E-state index in [1.807, 2.05) is 43.3 Å². The summed E-state index contributed by atoms with van der Waals surface area (Å²) < 4.78 is 5.38. The number of likely N-dealkylation sites (tertiary alicyclic amines) is 1. The Hall–Kier alpha value is -2.63. The second-order valence-electron chi connectivity index (χ2n) is 6.59. The summed E-state index contributed by atoms with van der Waals surface area (Å²) in [5.74, 6) is -0.122. The molecule has 0 saturated carbocycles. The Morgan fingerprint density at radius 2 is 1.73 bits per heavy atom. The molecule has 1 aromatic carbocycles. The molecular formula is C20H24N2O4. The number of rotatable bonds is 7. The van der Waals surface area contributed by atoms with Gasteiger partial charge in [0, 0.05) is 19.5 Å². The normalized spacial score (nSPS) is 21.7. The van der Waals surface area contributed by atoms with Gasteiger partial charge >= 0.3 is 0 Å². The van der Waals surface area contributed by atoms with E-state index in [1.54, 1.807) is 0 Å². The highest BCUT2D eigenvalue weighted by atomic mass is 16.5. The summed E-state index contributed by atoms with van der Waals surface area (Å²) in [6.07, 6.45) is 5.28. The number of benzene rings is 1. The van der Waals surface area contributed by atoms with Gasteiger partial charge in [0.15, 0.2) is 0 Å². The maximum absolute atomic E-state index is 12.4. The predicted molar refractivity (Wildman–Crippen MR) is 96.1 cm³/mol. The largest absolute Gasteiger partial charge is 0.494 e. The van der Waals surface area contributed by atoms with Crippen molar-refractivity contribution in [2.75, 3.05) is 13.2 Å². The molecule has 3 amide bonds. The zero-order valence-electron chi connectivity index (χ0n) is 14.9. The highest BCUT2D eigenvalue weighted by Gasteiger charge is 2.46. The van der Waals surface area contributed by atoms with Crippen LogP contribution in [0.2, 0.25) is 0 Å². The van der Waals surface area contributed by atoms with E-state index in [9.17, 15) is 14.4 Å². The molecule has 3 rings (SSSR count).